The largest absolute Gasteiger partial charge is 0.370 e. The molecule has 0 saturated carbocycles. The van der Waals surface area contributed by atoms with Gasteiger partial charge in [-0.2, -0.15) is 0 Å². The van der Waals surface area contributed by atoms with Gasteiger partial charge in [-0.05, 0) is 66.4 Å². The molecule has 0 unspecified atom stereocenters. The maximum Gasteiger partial charge on any atom is 0.139 e. The molecule has 3 aromatic heterocycles. The zero-order valence-corrected chi connectivity index (χ0v) is 17.7. The summed E-state index contributed by atoms with van der Waals surface area (Å²) in [4.78, 5) is 16.3. The maximum absolute atomic E-state index is 6.12. The normalized spacial score (nSPS) is 15.0. The lowest BCUT2D eigenvalue weighted by Crippen LogP contribution is -2.39. The van der Waals surface area contributed by atoms with Crippen LogP contribution in [0.5, 0.6) is 0 Å². The number of anilines is 1. The molecule has 6 nitrogen and oxygen atoms in total. The standard InChI is InChI=1S/C26H24N6/c27-21-10-14-31(15-11-21)24-3-1-2-19-5-7-25(30-26(19)24)32-17-29-22-16-20(4-6-23(22)32)18-8-12-28-13-9-18/h1-9,12-13,16-17,21H,10-11,14-15,27H2. The van der Waals surface area contributed by atoms with Crippen molar-refractivity contribution in [2.24, 2.45) is 5.73 Å². The number of piperidine rings is 1. The average molecular weight is 421 g/mol. The van der Waals surface area contributed by atoms with Crippen molar-refractivity contribution in [3.05, 3.63) is 79.4 Å². The number of imidazole rings is 1. The Bertz CT molecular complexity index is 1400. The van der Waals surface area contributed by atoms with Gasteiger partial charge in [0, 0.05) is 36.9 Å². The number of benzene rings is 2. The summed E-state index contributed by atoms with van der Waals surface area (Å²) in [6.45, 7) is 1.94. The van der Waals surface area contributed by atoms with Gasteiger partial charge in [0.05, 0.1) is 22.2 Å². The smallest absolute Gasteiger partial charge is 0.139 e. The lowest BCUT2D eigenvalue weighted by Gasteiger charge is -2.32. The molecule has 1 aliphatic rings. The summed E-state index contributed by atoms with van der Waals surface area (Å²) in [5, 5.41) is 1.14. The Morgan fingerprint density at radius 1 is 0.875 bits per heavy atom. The number of hydrogen-bond donors (Lipinski definition) is 1. The van der Waals surface area contributed by atoms with Crippen LogP contribution in [-0.4, -0.2) is 38.7 Å². The molecule has 32 heavy (non-hydrogen) atoms. The van der Waals surface area contributed by atoms with Gasteiger partial charge in [0.2, 0.25) is 0 Å². The highest BCUT2D eigenvalue weighted by Crippen LogP contribution is 2.30. The predicted molar refractivity (Wildman–Crippen MR) is 129 cm³/mol. The molecule has 0 amide bonds. The van der Waals surface area contributed by atoms with E-state index >= 15 is 0 Å². The second-order valence-corrected chi connectivity index (χ2v) is 8.40. The van der Waals surface area contributed by atoms with E-state index in [1.165, 1.54) is 5.69 Å². The van der Waals surface area contributed by atoms with Crippen LogP contribution in [0, 0.1) is 0 Å². The van der Waals surface area contributed by atoms with Crippen LogP contribution in [0.4, 0.5) is 5.69 Å². The summed E-state index contributed by atoms with van der Waals surface area (Å²) < 4.78 is 2.06. The number of rotatable bonds is 3. The number of nitrogens with two attached hydrogens (primary N) is 1. The minimum absolute atomic E-state index is 0.305. The van der Waals surface area contributed by atoms with Gasteiger partial charge in [-0.1, -0.05) is 18.2 Å². The van der Waals surface area contributed by atoms with Crippen molar-refractivity contribution in [2.45, 2.75) is 18.9 Å². The van der Waals surface area contributed by atoms with E-state index in [9.17, 15) is 0 Å². The first-order valence-electron chi connectivity index (χ1n) is 11.0. The zero-order valence-electron chi connectivity index (χ0n) is 17.7. The predicted octanol–water partition coefficient (Wildman–Crippen LogP) is 4.56. The topological polar surface area (TPSA) is 72.9 Å². The molecule has 6 heteroatoms. The lowest BCUT2D eigenvalue weighted by molar-refractivity contribution is 0.502. The van der Waals surface area contributed by atoms with E-state index in [-0.39, 0.29) is 0 Å². The van der Waals surface area contributed by atoms with Gasteiger partial charge in [0.25, 0.3) is 0 Å². The van der Waals surface area contributed by atoms with Crippen LogP contribution in [0.2, 0.25) is 0 Å². The third kappa shape index (κ3) is 3.29. The fourth-order valence-corrected chi connectivity index (χ4v) is 4.57. The van der Waals surface area contributed by atoms with Crippen LogP contribution in [0.15, 0.2) is 79.4 Å². The number of para-hydroxylation sites is 1. The Morgan fingerprint density at radius 3 is 2.56 bits per heavy atom. The highest BCUT2D eigenvalue weighted by molar-refractivity contribution is 5.92. The second kappa shape index (κ2) is 7.73. The first kappa shape index (κ1) is 19.0. The monoisotopic (exact) mass is 420 g/mol. The van der Waals surface area contributed by atoms with E-state index in [0.717, 1.165) is 64.8 Å². The molecule has 0 atom stereocenters. The molecule has 0 bridgehead atoms. The van der Waals surface area contributed by atoms with Crippen LogP contribution in [0.25, 0.3) is 38.9 Å². The number of aromatic nitrogens is 4. The lowest BCUT2D eigenvalue weighted by atomic mass is 10.0. The van der Waals surface area contributed by atoms with E-state index < -0.39 is 0 Å². The van der Waals surface area contributed by atoms with E-state index in [0.29, 0.717) is 6.04 Å². The van der Waals surface area contributed by atoms with E-state index in [4.69, 9.17) is 10.7 Å². The first-order chi connectivity index (χ1) is 15.8. The molecule has 0 aliphatic carbocycles. The Hall–Kier alpha value is -3.77. The molecule has 5 aromatic rings. The van der Waals surface area contributed by atoms with Crippen molar-refractivity contribution < 1.29 is 0 Å². The number of nitrogens with zero attached hydrogens (tertiary/aromatic N) is 5. The van der Waals surface area contributed by atoms with E-state index in [1.54, 1.807) is 0 Å². The molecule has 1 fully saturated rings. The van der Waals surface area contributed by atoms with E-state index in [1.807, 2.05) is 30.9 Å². The number of pyridine rings is 2. The average Bonchev–Trinajstić information content (AvgIpc) is 3.28. The van der Waals surface area contributed by atoms with Crippen LogP contribution < -0.4 is 10.6 Å². The molecule has 6 rings (SSSR count). The summed E-state index contributed by atoms with van der Waals surface area (Å²) >= 11 is 0. The molecule has 0 radical (unpaired) electrons. The highest BCUT2D eigenvalue weighted by atomic mass is 15.2. The summed E-state index contributed by atoms with van der Waals surface area (Å²) in [6, 6.07) is 21.3. The molecule has 2 N–H and O–H groups in total. The first-order valence-corrected chi connectivity index (χ1v) is 11.0. The summed E-state index contributed by atoms with van der Waals surface area (Å²) in [7, 11) is 0. The Balaban J connectivity index is 1.42. The molecule has 1 aliphatic heterocycles. The second-order valence-electron chi connectivity index (χ2n) is 8.40. The summed E-state index contributed by atoms with van der Waals surface area (Å²) in [6.07, 6.45) is 7.51. The molecule has 1 saturated heterocycles. The van der Waals surface area contributed by atoms with Crippen LogP contribution in [0.1, 0.15) is 12.8 Å². The van der Waals surface area contributed by atoms with Crippen molar-refractivity contribution in [2.75, 3.05) is 18.0 Å². The van der Waals surface area contributed by atoms with Crippen molar-refractivity contribution in [3.8, 4) is 16.9 Å². The van der Waals surface area contributed by atoms with Gasteiger partial charge in [0.15, 0.2) is 0 Å². The zero-order chi connectivity index (χ0) is 21.5. The minimum atomic E-state index is 0.305. The van der Waals surface area contributed by atoms with Gasteiger partial charge in [-0.3, -0.25) is 9.55 Å². The SMILES string of the molecule is NC1CCN(c2cccc3ccc(-n4cnc5cc(-c6ccncc6)ccc54)nc23)CC1. The Morgan fingerprint density at radius 2 is 1.72 bits per heavy atom. The van der Waals surface area contributed by atoms with Crippen molar-refractivity contribution in [3.63, 3.8) is 0 Å². The molecule has 4 heterocycles. The third-order valence-corrected chi connectivity index (χ3v) is 6.37. The molecular weight excluding hydrogens is 396 g/mol. The molecule has 158 valence electrons. The summed E-state index contributed by atoms with van der Waals surface area (Å²) in [5.41, 5.74) is 12.6. The van der Waals surface area contributed by atoms with Crippen molar-refractivity contribution >= 4 is 27.6 Å². The van der Waals surface area contributed by atoms with Crippen molar-refractivity contribution in [1.82, 2.24) is 19.5 Å². The molecular formula is C26H24N6. The maximum atomic E-state index is 6.12. The summed E-state index contributed by atoms with van der Waals surface area (Å²) in [5.74, 6) is 0.873. The van der Waals surface area contributed by atoms with Crippen molar-refractivity contribution in [1.29, 1.82) is 0 Å². The number of fused-ring (bicyclic) bond motifs is 2. The van der Waals surface area contributed by atoms with Gasteiger partial charge in [-0.25, -0.2) is 9.97 Å². The van der Waals surface area contributed by atoms with E-state index in [2.05, 4.69) is 68.0 Å². The van der Waals surface area contributed by atoms with Gasteiger partial charge < -0.3 is 10.6 Å². The third-order valence-electron chi connectivity index (χ3n) is 6.37. The Labute approximate surface area is 186 Å². The van der Waals surface area contributed by atoms with Gasteiger partial charge in [-0.15, -0.1) is 0 Å². The van der Waals surface area contributed by atoms with Gasteiger partial charge in [0.1, 0.15) is 12.1 Å². The highest BCUT2D eigenvalue weighted by Gasteiger charge is 2.19. The Kier molecular flexibility index (Phi) is 4.58. The molecule has 0 spiro atoms. The minimum Gasteiger partial charge on any atom is -0.370 e. The fourth-order valence-electron chi connectivity index (χ4n) is 4.57. The fraction of sp³-hybridized carbons (Fsp3) is 0.192. The molecule has 2 aromatic carbocycles. The van der Waals surface area contributed by atoms with Crippen LogP contribution in [0.3, 0.4) is 0 Å². The quantitative estimate of drug-likeness (QED) is 0.463. The van der Waals surface area contributed by atoms with Crippen LogP contribution >= 0.6 is 0 Å². The van der Waals surface area contributed by atoms with Gasteiger partial charge >= 0.3 is 0 Å². The van der Waals surface area contributed by atoms with Crippen LogP contribution in [-0.2, 0) is 0 Å². The number of hydrogen-bond acceptors (Lipinski definition) is 5.